The average Bonchev–Trinajstić information content (AvgIpc) is 3.10. The fourth-order valence-corrected chi connectivity index (χ4v) is 6.45. The number of nitrogens with zero attached hydrogens (tertiary/aromatic N) is 3. The van der Waals surface area contributed by atoms with Crippen molar-refractivity contribution in [3.63, 3.8) is 0 Å². The minimum absolute atomic E-state index is 0.873. The topological polar surface area (TPSA) is 29.0 Å². The number of hydrogen-bond donors (Lipinski definition) is 0. The molecule has 3 nitrogen and oxygen atoms in total. The summed E-state index contributed by atoms with van der Waals surface area (Å²) in [5.74, 6) is 0. The van der Waals surface area contributed by atoms with Crippen LogP contribution in [0.3, 0.4) is 0 Å². The molecule has 8 rings (SSSR count). The monoisotopic (exact) mass is 563 g/mol. The molecule has 1 aromatic heterocycles. The van der Waals surface area contributed by atoms with Crippen molar-refractivity contribution < 1.29 is 0 Å². The number of anilines is 3. The van der Waals surface area contributed by atoms with Gasteiger partial charge in [0.05, 0.1) is 11.4 Å². The molecule has 0 spiro atoms. The van der Waals surface area contributed by atoms with Crippen LogP contribution in [0.2, 0.25) is 0 Å². The maximum absolute atomic E-state index is 4.88. The fourth-order valence-electron chi connectivity index (χ4n) is 6.45. The molecule has 0 fully saturated rings. The first kappa shape index (κ1) is 25.9. The molecule has 0 N–H and O–H groups in total. The van der Waals surface area contributed by atoms with E-state index in [1.54, 1.807) is 12.4 Å². The van der Waals surface area contributed by atoms with Crippen LogP contribution in [0.1, 0.15) is 5.56 Å². The Morgan fingerprint density at radius 1 is 0.409 bits per heavy atom. The lowest BCUT2D eigenvalue weighted by atomic mass is 9.92. The Bertz CT molecular complexity index is 2220. The van der Waals surface area contributed by atoms with Gasteiger partial charge in [-0.05, 0) is 87.3 Å². The molecule has 44 heavy (non-hydrogen) atoms. The van der Waals surface area contributed by atoms with Gasteiger partial charge in [0, 0.05) is 40.6 Å². The van der Waals surface area contributed by atoms with Crippen molar-refractivity contribution >= 4 is 49.4 Å². The summed E-state index contributed by atoms with van der Waals surface area (Å²) in [5, 5.41) is 7.52. The number of para-hydroxylation sites is 2. The van der Waals surface area contributed by atoms with E-state index in [0.29, 0.717) is 0 Å². The van der Waals surface area contributed by atoms with Crippen LogP contribution >= 0.6 is 0 Å². The van der Waals surface area contributed by atoms with Crippen LogP contribution in [0.5, 0.6) is 0 Å². The molecule has 0 saturated heterocycles. The van der Waals surface area contributed by atoms with Crippen molar-refractivity contribution in [2.75, 3.05) is 4.90 Å². The van der Waals surface area contributed by atoms with E-state index in [4.69, 9.17) is 9.97 Å². The highest BCUT2D eigenvalue weighted by molar-refractivity contribution is 6.25. The number of rotatable bonds is 5. The number of hydrogen-bond acceptors (Lipinski definition) is 3. The summed E-state index contributed by atoms with van der Waals surface area (Å²) in [7, 11) is 0. The lowest BCUT2D eigenvalue weighted by Crippen LogP contribution is -2.11. The molecule has 0 aliphatic rings. The van der Waals surface area contributed by atoms with Crippen molar-refractivity contribution in [2.24, 2.45) is 0 Å². The van der Waals surface area contributed by atoms with E-state index in [1.807, 2.05) is 0 Å². The Hall–Kier alpha value is -5.80. The van der Waals surface area contributed by atoms with Gasteiger partial charge in [0.2, 0.25) is 0 Å². The zero-order chi connectivity index (χ0) is 29.5. The molecule has 0 unspecified atom stereocenters. The largest absolute Gasteiger partial charge is 0.310 e. The predicted octanol–water partition coefficient (Wildman–Crippen LogP) is 11.0. The maximum atomic E-state index is 4.88. The van der Waals surface area contributed by atoms with Crippen molar-refractivity contribution in [3.05, 3.63) is 164 Å². The van der Waals surface area contributed by atoms with E-state index < -0.39 is 0 Å². The zero-order valence-electron chi connectivity index (χ0n) is 24.4. The van der Waals surface area contributed by atoms with Crippen LogP contribution in [-0.4, -0.2) is 9.97 Å². The zero-order valence-corrected chi connectivity index (χ0v) is 24.4. The molecule has 0 amide bonds. The fraction of sp³-hybridized carbons (Fsp3) is 0.0244. The Labute approximate surface area is 256 Å². The molecular formula is C41H29N3. The lowest BCUT2D eigenvalue weighted by Gasteiger charge is -2.27. The lowest BCUT2D eigenvalue weighted by molar-refractivity contribution is 1.20. The third kappa shape index (κ3) is 4.38. The molecule has 0 aliphatic carbocycles. The second-order valence-corrected chi connectivity index (χ2v) is 11.1. The van der Waals surface area contributed by atoms with Crippen LogP contribution in [0.4, 0.5) is 17.1 Å². The van der Waals surface area contributed by atoms with Gasteiger partial charge in [-0.3, -0.25) is 9.97 Å². The summed E-state index contributed by atoms with van der Waals surface area (Å²) in [6, 6.07) is 51.7. The highest BCUT2D eigenvalue weighted by Gasteiger charge is 2.18. The van der Waals surface area contributed by atoms with Crippen molar-refractivity contribution in [1.29, 1.82) is 0 Å². The number of aryl methyl sites for hydroxylation is 1. The third-order valence-electron chi connectivity index (χ3n) is 8.46. The Balaban J connectivity index is 1.27. The summed E-state index contributed by atoms with van der Waals surface area (Å²) >= 11 is 0. The molecule has 0 atom stereocenters. The predicted molar refractivity (Wildman–Crippen MR) is 185 cm³/mol. The molecule has 0 aliphatic heterocycles. The van der Waals surface area contributed by atoms with Gasteiger partial charge in [0.15, 0.2) is 0 Å². The normalized spacial score (nSPS) is 11.3. The smallest absolute Gasteiger partial charge is 0.0965 e. The molecule has 1 heterocycles. The van der Waals surface area contributed by atoms with E-state index in [1.165, 1.54) is 32.3 Å². The van der Waals surface area contributed by atoms with Crippen molar-refractivity contribution in [2.45, 2.75) is 6.92 Å². The molecule has 8 aromatic rings. The first-order chi connectivity index (χ1) is 21.8. The Morgan fingerprint density at radius 3 is 1.36 bits per heavy atom. The molecular weight excluding hydrogens is 534 g/mol. The van der Waals surface area contributed by atoms with Gasteiger partial charge in [0.1, 0.15) is 0 Å². The average molecular weight is 564 g/mol. The summed E-state index contributed by atoms with van der Waals surface area (Å²) in [5.41, 5.74) is 8.36. The van der Waals surface area contributed by atoms with Crippen LogP contribution < -0.4 is 4.90 Å². The van der Waals surface area contributed by atoms with Gasteiger partial charge < -0.3 is 4.90 Å². The van der Waals surface area contributed by atoms with Gasteiger partial charge in [0.25, 0.3) is 0 Å². The molecule has 208 valence electrons. The minimum Gasteiger partial charge on any atom is -0.310 e. The van der Waals surface area contributed by atoms with Crippen LogP contribution in [0, 0.1) is 6.92 Å². The van der Waals surface area contributed by atoms with Gasteiger partial charge >= 0.3 is 0 Å². The number of aromatic nitrogens is 2. The minimum atomic E-state index is 0.873. The highest BCUT2D eigenvalue weighted by Crippen LogP contribution is 2.40. The number of fused-ring (bicyclic) bond motifs is 6. The molecule has 0 radical (unpaired) electrons. The van der Waals surface area contributed by atoms with E-state index in [-0.39, 0.29) is 0 Å². The van der Waals surface area contributed by atoms with Crippen molar-refractivity contribution in [3.8, 4) is 22.5 Å². The first-order valence-electron chi connectivity index (χ1n) is 14.9. The summed E-state index contributed by atoms with van der Waals surface area (Å²) < 4.78 is 0. The first-order valence-corrected chi connectivity index (χ1v) is 14.9. The standard InChI is InChI=1S/C41H29N3/c1-28-26-29(21-23-39(28)44(31-12-4-2-5-13-31)32-14-6-3-7-15-32)40-41(43-25-24-42-40)30-20-22-37-35-18-9-8-16-33(35)34-17-10-11-19-36(34)38(37)27-30/h2-27H,1H3. The van der Waals surface area contributed by atoms with Crippen LogP contribution in [-0.2, 0) is 0 Å². The van der Waals surface area contributed by atoms with E-state index in [2.05, 4.69) is 157 Å². The summed E-state index contributed by atoms with van der Waals surface area (Å²) in [4.78, 5) is 12.1. The molecule has 0 bridgehead atoms. The highest BCUT2D eigenvalue weighted by atomic mass is 15.1. The van der Waals surface area contributed by atoms with Gasteiger partial charge in [-0.25, -0.2) is 0 Å². The van der Waals surface area contributed by atoms with Gasteiger partial charge in [-0.2, -0.15) is 0 Å². The molecule has 3 heteroatoms. The summed E-state index contributed by atoms with van der Waals surface area (Å²) in [6.07, 6.45) is 3.57. The van der Waals surface area contributed by atoms with E-state index in [9.17, 15) is 0 Å². The Morgan fingerprint density at radius 2 is 0.841 bits per heavy atom. The van der Waals surface area contributed by atoms with Crippen molar-refractivity contribution in [1.82, 2.24) is 9.97 Å². The summed E-state index contributed by atoms with van der Waals surface area (Å²) in [6.45, 7) is 2.17. The SMILES string of the molecule is Cc1cc(-c2nccnc2-c2ccc3c4ccccc4c4ccccc4c3c2)ccc1N(c1ccccc1)c1ccccc1. The van der Waals surface area contributed by atoms with E-state index >= 15 is 0 Å². The molecule has 7 aromatic carbocycles. The second kappa shape index (κ2) is 10.8. The maximum Gasteiger partial charge on any atom is 0.0965 e. The van der Waals surface area contributed by atoms with Gasteiger partial charge in [-0.1, -0.05) is 103 Å². The Kier molecular flexibility index (Phi) is 6.35. The quantitative estimate of drug-likeness (QED) is 0.195. The van der Waals surface area contributed by atoms with Gasteiger partial charge in [-0.15, -0.1) is 0 Å². The van der Waals surface area contributed by atoms with Crippen LogP contribution in [0.25, 0.3) is 54.8 Å². The molecule has 0 saturated carbocycles. The van der Waals surface area contributed by atoms with Crippen LogP contribution in [0.15, 0.2) is 158 Å². The third-order valence-corrected chi connectivity index (χ3v) is 8.46. The van der Waals surface area contributed by atoms with E-state index in [0.717, 1.165) is 45.1 Å². The second-order valence-electron chi connectivity index (χ2n) is 11.1. The number of benzene rings is 7.